The number of benzene rings is 1. The Labute approximate surface area is 127 Å². The van der Waals surface area contributed by atoms with E-state index in [0.717, 1.165) is 11.2 Å². The smallest absolute Gasteiger partial charge is 0.308 e. The zero-order valence-electron chi connectivity index (χ0n) is 12.3. The summed E-state index contributed by atoms with van der Waals surface area (Å²) in [6, 6.07) is 8.37. The van der Waals surface area contributed by atoms with Gasteiger partial charge in [0.1, 0.15) is 11.6 Å². The van der Waals surface area contributed by atoms with E-state index in [1.807, 2.05) is 17.0 Å². The number of pyridine rings is 1. The molecule has 1 saturated heterocycles. The first-order valence-electron chi connectivity index (χ1n) is 7.15. The van der Waals surface area contributed by atoms with Crippen molar-refractivity contribution >= 4 is 22.7 Å². The van der Waals surface area contributed by atoms with Crippen molar-refractivity contribution in [2.75, 3.05) is 31.7 Å². The van der Waals surface area contributed by atoms with Crippen LogP contribution in [0.1, 0.15) is 6.42 Å². The number of ether oxygens (including phenoxy) is 2. The van der Waals surface area contributed by atoms with Crippen LogP contribution in [0, 0.1) is 5.82 Å². The van der Waals surface area contributed by atoms with Crippen LogP contribution in [0.15, 0.2) is 30.3 Å². The van der Waals surface area contributed by atoms with E-state index < -0.39 is 0 Å². The Hall–Kier alpha value is -2.21. The number of rotatable bonds is 3. The first-order valence-corrected chi connectivity index (χ1v) is 7.15. The maximum Gasteiger partial charge on any atom is 0.308 e. The lowest BCUT2D eigenvalue weighted by atomic mass is 10.2. The molecule has 0 N–H and O–H groups in total. The molecule has 2 heterocycles. The minimum Gasteiger partial charge on any atom is -0.469 e. The number of halogens is 1. The molecule has 0 bridgehead atoms. The van der Waals surface area contributed by atoms with E-state index >= 15 is 0 Å². The summed E-state index contributed by atoms with van der Waals surface area (Å²) in [5.74, 6) is 0.166. The fourth-order valence-electron chi connectivity index (χ4n) is 2.58. The third-order valence-electron chi connectivity index (χ3n) is 3.72. The Morgan fingerprint density at radius 1 is 1.45 bits per heavy atom. The molecule has 6 heteroatoms. The summed E-state index contributed by atoms with van der Waals surface area (Å²) in [5.41, 5.74) is 0.619. The molecule has 2 aromatic rings. The number of anilines is 1. The summed E-state index contributed by atoms with van der Waals surface area (Å²) in [6.45, 7) is 1.76. The normalized spacial score (nSPS) is 18.5. The van der Waals surface area contributed by atoms with E-state index in [9.17, 15) is 9.18 Å². The molecule has 3 rings (SSSR count). The number of hydrogen-bond donors (Lipinski definition) is 0. The van der Waals surface area contributed by atoms with Crippen LogP contribution in [0.4, 0.5) is 10.2 Å². The second-order valence-corrected chi connectivity index (χ2v) is 5.23. The Bertz CT molecular complexity index is 692. The number of nitrogens with zero attached hydrogens (tertiary/aromatic N) is 2. The second-order valence-electron chi connectivity index (χ2n) is 5.23. The third-order valence-corrected chi connectivity index (χ3v) is 3.72. The zero-order chi connectivity index (χ0) is 15.5. The van der Waals surface area contributed by atoms with Gasteiger partial charge in [-0.25, -0.2) is 9.37 Å². The molecule has 1 aliphatic heterocycles. The number of morpholine rings is 1. The number of carbonyl (C=O) groups is 1. The molecule has 116 valence electrons. The number of carbonyl (C=O) groups excluding carboxylic acids is 1. The standard InChI is InChI=1S/C16H17FN2O3/c1-21-16(20)9-13-10-19(6-7-22-13)15-5-3-11-2-4-12(17)8-14(11)18-15/h2-5,8,13H,6-7,9-10H2,1H3/t13-/m1/s1. The predicted octanol–water partition coefficient (Wildman–Crippen LogP) is 2.14. The lowest BCUT2D eigenvalue weighted by Gasteiger charge is -2.33. The van der Waals surface area contributed by atoms with E-state index in [1.54, 1.807) is 6.07 Å². The van der Waals surface area contributed by atoms with Gasteiger partial charge in [0.15, 0.2) is 0 Å². The van der Waals surface area contributed by atoms with Gasteiger partial charge in [-0.1, -0.05) is 0 Å². The number of aromatic nitrogens is 1. The van der Waals surface area contributed by atoms with Crippen molar-refractivity contribution in [3.05, 3.63) is 36.1 Å². The van der Waals surface area contributed by atoms with Crippen LogP contribution in [-0.2, 0) is 14.3 Å². The lowest BCUT2D eigenvalue weighted by molar-refractivity contribution is -0.144. The first-order chi connectivity index (χ1) is 10.7. The van der Waals surface area contributed by atoms with Crippen molar-refractivity contribution < 1.29 is 18.7 Å². The molecular formula is C16H17FN2O3. The van der Waals surface area contributed by atoms with E-state index in [4.69, 9.17) is 4.74 Å². The molecule has 0 unspecified atom stereocenters. The Morgan fingerprint density at radius 2 is 2.27 bits per heavy atom. The SMILES string of the molecule is COC(=O)C[C@@H]1CN(c2ccc3ccc(F)cc3n2)CCO1. The number of hydrogen-bond acceptors (Lipinski definition) is 5. The van der Waals surface area contributed by atoms with Crippen molar-refractivity contribution in [2.24, 2.45) is 0 Å². The van der Waals surface area contributed by atoms with Gasteiger partial charge >= 0.3 is 5.97 Å². The van der Waals surface area contributed by atoms with Crippen molar-refractivity contribution in [3.63, 3.8) is 0 Å². The number of methoxy groups -OCH3 is 1. The van der Waals surface area contributed by atoms with Gasteiger partial charge in [-0.2, -0.15) is 0 Å². The van der Waals surface area contributed by atoms with Gasteiger partial charge in [-0.15, -0.1) is 0 Å². The number of esters is 1. The van der Waals surface area contributed by atoms with Gasteiger partial charge in [0.2, 0.25) is 0 Å². The highest BCUT2D eigenvalue weighted by atomic mass is 19.1. The van der Waals surface area contributed by atoms with Crippen LogP contribution in [0.2, 0.25) is 0 Å². The summed E-state index contributed by atoms with van der Waals surface area (Å²) in [4.78, 5) is 17.9. The van der Waals surface area contributed by atoms with E-state index in [2.05, 4.69) is 9.72 Å². The fourth-order valence-corrected chi connectivity index (χ4v) is 2.58. The van der Waals surface area contributed by atoms with Crippen molar-refractivity contribution in [1.82, 2.24) is 4.98 Å². The summed E-state index contributed by atoms with van der Waals surface area (Å²) in [6.07, 6.45) is 0.000994. The Morgan fingerprint density at radius 3 is 3.09 bits per heavy atom. The van der Waals surface area contributed by atoms with E-state index in [1.165, 1.54) is 19.2 Å². The van der Waals surface area contributed by atoms with Crippen LogP contribution in [0.25, 0.3) is 10.9 Å². The molecule has 22 heavy (non-hydrogen) atoms. The molecule has 1 aromatic carbocycles. The van der Waals surface area contributed by atoms with Crippen LogP contribution in [0.5, 0.6) is 0 Å². The quantitative estimate of drug-likeness (QED) is 0.813. The molecule has 0 spiro atoms. The number of fused-ring (bicyclic) bond motifs is 1. The van der Waals surface area contributed by atoms with Gasteiger partial charge in [-0.05, 0) is 24.3 Å². The fraction of sp³-hybridized carbons (Fsp3) is 0.375. The van der Waals surface area contributed by atoms with Crippen LogP contribution in [0.3, 0.4) is 0 Å². The molecule has 0 amide bonds. The largest absolute Gasteiger partial charge is 0.469 e. The van der Waals surface area contributed by atoms with Crippen molar-refractivity contribution in [1.29, 1.82) is 0 Å². The Balaban J connectivity index is 1.79. The molecule has 0 saturated carbocycles. The molecule has 5 nitrogen and oxygen atoms in total. The highest BCUT2D eigenvalue weighted by molar-refractivity contribution is 5.80. The van der Waals surface area contributed by atoms with E-state index in [-0.39, 0.29) is 24.3 Å². The van der Waals surface area contributed by atoms with Crippen molar-refractivity contribution in [2.45, 2.75) is 12.5 Å². The summed E-state index contributed by atoms with van der Waals surface area (Å²) in [7, 11) is 1.36. The van der Waals surface area contributed by atoms with Gasteiger partial charge < -0.3 is 14.4 Å². The summed E-state index contributed by atoms with van der Waals surface area (Å²) in [5, 5.41) is 0.893. The van der Waals surface area contributed by atoms with Gasteiger partial charge in [0.25, 0.3) is 0 Å². The maximum atomic E-state index is 13.3. The molecule has 0 aliphatic carbocycles. The lowest BCUT2D eigenvalue weighted by Crippen LogP contribution is -2.43. The average Bonchev–Trinajstić information content (AvgIpc) is 2.54. The van der Waals surface area contributed by atoms with Gasteiger partial charge in [0, 0.05) is 24.5 Å². The van der Waals surface area contributed by atoms with Gasteiger partial charge in [-0.3, -0.25) is 4.79 Å². The molecule has 1 atom stereocenters. The maximum absolute atomic E-state index is 13.3. The van der Waals surface area contributed by atoms with Crippen LogP contribution < -0.4 is 4.90 Å². The molecule has 1 aromatic heterocycles. The molecule has 0 radical (unpaired) electrons. The van der Waals surface area contributed by atoms with Crippen LogP contribution >= 0.6 is 0 Å². The third kappa shape index (κ3) is 3.17. The second kappa shape index (κ2) is 6.27. The molecule has 1 fully saturated rings. The average molecular weight is 304 g/mol. The predicted molar refractivity (Wildman–Crippen MR) is 80.3 cm³/mol. The monoisotopic (exact) mass is 304 g/mol. The van der Waals surface area contributed by atoms with Crippen molar-refractivity contribution in [3.8, 4) is 0 Å². The highest BCUT2D eigenvalue weighted by Crippen LogP contribution is 2.21. The minimum atomic E-state index is -0.303. The molecule has 1 aliphatic rings. The first kappa shape index (κ1) is 14.7. The van der Waals surface area contributed by atoms with Crippen LogP contribution in [-0.4, -0.2) is 43.9 Å². The zero-order valence-corrected chi connectivity index (χ0v) is 12.3. The molecular weight excluding hydrogens is 287 g/mol. The van der Waals surface area contributed by atoms with E-state index in [0.29, 0.717) is 25.2 Å². The summed E-state index contributed by atoms with van der Waals surface area (Å²) >= 11 is 0. The summed E-state index contributed by atoms with van der Waals surface area (Å²) < 4.78 is 23.6. The topological polar surface area (TPSA) is 51.7 Å². The highest BCUT2D eigenvalue weighted by Gasteiger charge is 2.24. The minimum absolute atomic E-state index is 0.216. The Kier molecular flexibility index (Phi) is 4.20. The van der Waals surface area contributed by atoms with Gasteiger partial charge in [0.05, 0.1) is 31.8 Å².